The number of hydrogen-bond donors (Lipinski definition) is 0. The molecule has 76 valence electrons. The number of benzene rings is 2. The number of aryl methyl sites for hydroxylation is 1. The summed E-state index contributed by atoms with van der Waals surface area (Å²) in [5.74, 6) is 1.59. The second-order valence-electron chi connectivity index (χ2n) is 3.38. The van der Waals surface area contributed by atoms with E-state index in [9.17, 15) is 0 Å². The summed E-state index contributed by atoms with van der Waals surface area (Å²) in [6.45, 7) is 2.03. The van der Waals surface area contributed by atoms with Crippen molar-refractivity contribution in [3.8, 4) is 11.5 Å². The van der Waals surface area contributed by atoms with Crippen LogP contribution in [-0.2, 0) is 0 Å². The van der Waals surface area contributed by atoms with Crippen molar-refractivity contribution in [2.24, 2.45) is 0 Å². The van der Waals surface area contributed by atoms with E-state index in [2.05, 4.69) is 0 Å². The lowest BCUT2D eigenvalue weighted by Crippen LogP contribution is -1.84. The third kappa shape index (κ3) is 2.74. The molecule has 2 aromatic carbocycles. The van der Waals surface area contributed by atoms with Crippen LogP contribution in [0.2, 0.25) is 5.02 Å². The number of hydrogen-bond acceptors (Lipinski definition) is 1. The van der Waals surface area contributed by atoms with E-state index in [4.69, 9.17) is 16.3 Å². The zero-order chi connectivity index (χ0) is 10.7. The monoisotopic (exact) mass is 218 g/mol. The van der Waals surface area contributed by atoms with E-state index < -0.39 is 0 Å². The standard InChI is InChI=1S/C13H11ClO/c1-10-4-2-6-12(8-10)15-13-7-3-5-11(14)9-13/h2-9H,1H3. The summed E-state index contributed by atoms with van der Waals surface area (Å²) in [5, 5.41) is 0.681. The third-order valence-corrected chi connectivity index (χ3v) is 2.26. The minimum absolute atomic E-state index is 0.681. The maximum Gasteiger partial charge on any atom is 0.128 e. The lowest BCUT2D eigenvalue weighted by molar-refractivity contribution is 0.482. The van der Waals surface area contributed by atoms with Crippen LogP contribution >= 0.6 is 11.6 Å². The van der Waals surface area contributed by atoms with Crippen LogP contribution in [-0.4, -0.2) is 0 Å². The molecule has 2 aromatic rings. The van der Waals surface area contributed by atoms with Gasteiger partial charge < -0.3 is 4.74 Å². The van der Waals surface area contributed by atoms with Crippen molar-refractivity contribution >= 4 is 11.6 Å². The summed E-state index contributed by atoms with van der Waals surface area (Å²) in [5.41, 5.74) is 1.18. The quantitative estimate of drug-likeness (QED) is 0.724. The molecule has 0 bridgehead atoms. The Morgan fingerprint density at radius 1 is 0.933 bits per heavy atom. The number of ether oxygens (including phenoxy) is 1. The molecular weight excluding hydrogens is 208 g/mol. The van der Waals surface area contributed by atoms with Gasteiger partial charge in [-0.2, -0.15) is 0 Å². The summed E-state index contributed by atoms with van der Waals surface area (Å²) in [4.78, 5) is 0. The molecule has 0 aliphatic carbocycles. The fourth-order valence-corrected chi connectivity index (χ4v) is 1.53. The van der Waals surface area contributed by atoms with Gasteiger partial charge in [0.05, 0.1) is 0 Å². The van der Waals surface area contributed by atoms with E-state index >= 15 is 0 Å². The number of rotatable bonds is 2. The maximum absolute atomic E-state index is 5.86. The van der Waals surface area contributed by atoms with Gasteiger partial charge >= 0.3 is 0 Å². The van der Waals surface area contributed by atoms with E-state index in [1.165, 1.54) is 5.56 Å². The summed E-state index contributed by atoms with van der Waals surface area (Å²) < 4.78 is 5.66. The summed E-state index contributed by atoms with van der Waals surface area (Å²) in [7, 11) is 0. The Hall–Kier alpha value is -1.47. The van der Waals surface area contributed by atoms with Crippen LogP contribution in [0.25, 0.3) is 0 Å². The molecule has 0 spiro atoms. The molecular formula is C13H11ClO. The van der Waals surface area contributed by atoms with Crippen LogP contribution in [0.4, 0.5) is 0 Å². The molecule has 0 aliphatic heterocycles. The first-order chi connectivity index (χ1) is 7.24. The highest BCUT2D eigenvalue weighted by Crippen LogP contribution is 2.24. The van der Waals surface area contributed by atoms with Gasteiger partial charge in [0.15, 0.2) is 0 Å². The van der Waals surface area contributed by atoms with Gasteiger partial charge in [-0.1, -0.05) is 29.8 Å². The zero-order valence-electron chi connectivity index (χ0n) is 8.41. The topological polar surface area (TPSA) is 9.23 Å². The van der Waals surface area contributed by atoms with Gasteiger partial charge in [-0.25, -0.2) is 0 Å². The van der Waals surface area contributed by atoms with Gasteiger partial charge in [0, 0.05) is 5.02 Å². The Balaban J connectivity index is 2.22. The van der Waals surface area contributed by atoms with E-state index in [-0.39, 0.29) is 0 Å². The molecule has 1 nitrogen and oxygen atoms in total. The predicted octanol–water partition coefficient (Wildman–Crippen LogP) is 4.44. The molecule has 0 radical (unpaired) electrons. The van der Waals surface area contributed by atoms with Crippen molar-refractivity contribution < 1.29 is 4.74 Å². The van der Waals surface area contributed by atoms with Gasteiger partial charge in [0.25, 0.3) is 0 Å². The molecule has 15 heavy (non-hydrogen) atoms. The van der Waals surface area contributed by atoms with Crippen LogP contribution in [0.1, 0.15) is 5.56 Å². The Bertz CT molecular complexity index is 422. The van der Waals surface area contributed by atoms with Crippen molar-refractivity contribution in [3.63, 3.8) is 0 Å². The van der Waals surface area contributed by atoms with Gasteiger partial charge in [-0.05, 0) is 42.8 Å². The molecule has 0 fully saturated rings. The molecule has 2 heteroatoms. The van der Waals surface area contributed by atoms with Gasteiger partial charge in [0.2, 0.25) is 0 Å². The fraction of sp³-hybridized carbons (Fsp3) is 0.0769. The summed E-state index contributed by atoms with van der Waals surface area (Å²) >= 11 is 5.86. The molecule has 0 aromatic heterocycles. The van der Waals surface area contributed by atoms with Crippen molar-refractivity contribution in [1.82, 2.24) is 0 Å². The Morgan fingerprint density at radius 2 is 1.60 bits per heavy atom. The van der Waals surface area contributed by atoms with E-state index in [0.717, 1.165) is 11.5 Å². The highest BCUT2D eigenvalue weighted by molar-refractivity contribution is 6.30. The second kappa shape index (κ2) is 4.37. The lowest BCUT2D eigenvalue weighted by Gasteiger charge is -2.06. The Labute approximate surface area is 94.3 Å². The minimum atomic E-state index is 0.681. The lowest BCUT2D eigenvalue weighted by atomic mass is 10.2. The molecule has 0 heterocycles. The summed E-state index contributed by atoms with van der Waals surface area (Å²) in [6.07, 6.45) is 0. The van der Waals surface area contributed by atoms with Crippen molar-refractivity contribution in [1.29, 1.82) is 0 Å². The molecule has 0 aliphatic rings. The fourth-order valence-electron chi connectivity index (χ4n) is 1.35. The Kier molecular flexibility index (Phi) is 2.93. The Morgan fingerprint density at radius 3 is 2.27 bits per heavy atom. The van der Waals surface area contributed by atoms with Crippen LogP contribution in [0, 0.1) is 6.92 Å². The molecule has 0 unspecified atom stereocenters. The molecule has 0 N–H and O–H groups in total. The predicted molar refractivity (Wildman–Crippen MR) is 62.7 cm³/mol. The van der Waals surface area contributed by atoms with Crippen LogP contribution in [0.5, 0.6) is 11.5 Å². The normalized spacial score (nSPS) is 10.0. The van der Waals surface area contributed by atoms with E-state index in [1.807, 2.05) is 49.4 Å². The smallest absolute Gasteiger partial charge is 0.128 e. The van der Waals surface area contributed by atoms with E-state index in [0.29, 0.717) is 5.02 Å². The molecule has 2 rings (SSSR count). The van der Waals surface area contributed by atoms with Crippen LogP contribution in [0.15, 0.2) is 48.5 Å². The first kappa shape index (κ1) is 10.1. The highest BCUT2D eigenvalue weighted by Gasteiger charge is 1.97. The first-order valence-corrected chi connectivity index (χ1v) is 5.12. The van der Waals surface area contributed by atoms with Gasteiger partial charge in [-0.15, -0.1) is 0 Å². The SMILES string of the molecule is Cc1cccc(Oc2cccc(Cl)c2)c1. The van der Waals surface area contributed by atoms with Crippen molar-refractivity contribution in [2.75, 3.05) is 0 Å². The number of halogens is 1. The van der Waals surface area contributed by atoms with Crippen molar-refractivity contribution in [2.45, 2.75) is 6.92 Å². The van der Waals surface area contributed by atoms with E-state index in [1.54, 1.807) is 6.07 Å². The van der Waals surface area contributed by atoms with Crippen molar-refractivity contribution in [3.05, 3.63) is 59.1 Å². The molecule has 0 atom stereocenters. The molecule has 0 saturated carbocycles. The highest BCUT2D eigenvalue weighted by atomic mass is 35.5. The van der Waals surface area contributed by atoms with Gasteiger partial charge in [0.1, 0.15) is 11.5 Å². The maximum atomic E-state index is 5.86. The minimum Gasteiger partial charge on any atom is -0.457 e. The van der Waals surface area contributed by atoms with Crippen LogP contribution in [0.3, 0.4) is 0 Å². The zero-order valence-corrected chi connectivity index (χ0v) is 9.16. The molecule has 0 amide bonds. The molecule has 0 saturated heterocycles. The largest absolute Gasteiger partial charge is 0.457 e. The third-order valence-electron chi connectivity index (χ3n) is 2.02. The average Bonchev–Trinajstić information content (AvgIpc) is 2.17. The first-order valence-electron chi connectivity index (χ1n) is 4.74. The van der Waals surface area contributed by atoms with Gasteiger partial charge in [-0.3, -0.25) is 0 Å². The summed E-state index contributed by atoms with van der Waals surface area (Å²) in [6, 6.07) is 15.3. The average molecular weight is 219 g/mol. The second-order valence-corrected chi connectivity index (χ2v) is 3.81. The van der Waals surface area contributed by atoms with Crippen LogP contribution < -0.4 is 4.74 Å².